The lowest BCUT2D eigenvalue weighted by Gasteiger charge is -2.16. The maximum absolute atomic E-state index is 8.85. The van der Waals surface area contributed by atoms with Crippen molar-refractivity contribution in [3.8, 4) is 17.2 Å². The molecule has 0 unspecified atom stereocenters. The first-order valence-corrected chi connectivity index (χ1v) is 10.5. The van der Waals surface area contributed by atoms with Crippen LogP contribution in [-0.2, 0) is 0 Å². The van der Waals surface area contributed by atoms with Crippen molar-refractivity contribution in [2.24, 2.45) is 0 Å². The number of para-hydroxylation sites is 1. The highest BCUT2D eigenvalue weighted by molar-refractivity contribution is 6.01. The topological polar surface area (TPSA) is 73.6 Å². The van der Waals surface area contributed by atoms with Gasteiger partial charge in [0.25, 0.3) is 0 Å². The SMILES string of the molecule is CNc1nc(Nc2ccc(C)cc2)nc2c(-c3c(C)cc(/C=C/C#N)cc3C)cccc12. The van der Waals surface area contributed by atoms with Crippen molar-refractivity contribution < 1.29 is 0 Å². The van der Waals surface area contributed by atoms with Crippen LogP contribution in [0, 0.1) is 32.1 Å². The lowest BCUT2D eigenvalue weighted by molar-refractivity contribution is 1.20. The van der Waals surface area contributed by atoms with Gasteiger partial charge in [0.2, 0.25) is 5.95 Å². The Morgan fingerprint density at radius 1 is 0.938 bits per heavy atom. The van der Waals surface area contributed by atoms with Gasteiger partial charge in [-0.15, -0.1) is 0 Å². The van der Waals surface area contributed by atoms with E-state index in [1.165, 1.54) is 11.6 Å². The Balaban J connectivity index is 1.88. The van der Waals surface area contributed by atoms with Crippen LogP contribution >= 0.6 is 0 Å². The third kappa shape index (κ3) is 4.17. The van der Waals surface area contributed by atoms with Crippen molar-refractivity contribution >= 4 is 34.4 Å². The second kappa shape index (κ2) is 8.91. The Bertz CT molecular complexity index is 1340. The molecule has 4 rings (SSSR count). The maximum atomic E-state index is 8.85. The second-order valence-electron chi connectivity index (χ2n) is 7.83. The van der Waals surface area contributed by atoms with Gasteiger partial charge in [-0.25, -0.2) is 4.98 Å². The molecule has 158 valence electrons. The van der Waals surface area contributed by atoms with Gasteiger partial charge in [-0.3, -0.25) is 0 Å². The predicted molar refractivity (Wildman–Crippen MR) is 133 cm³/mol. The molecule has 4 aromatic rings. The fourth-order valence-corrected chi connectivity index (χ4v) is 4.02. The standard InChI is InChI=1S/C27H25N5/c1-17-10-12-21(13-11-17)30-27-31-25-22(8-5-9-23(25)26(29-4)32-27)24-18(2)15-20(7-6-14-28)16-19(24)3/h5-13,15-16H,1-4H3,(H2,29,30,31,32)/b7-6+. The second-order valence-corrected chi connectivity index (χ2v) is 7.83. The van der Waals surface area contributed by atoms with Crippen molar-refractivity contribution in [1.29, 1.82) is 5.26 Å². The lowest BCUT2D eigenvalue weighted by Crippen LogP contribution is -2.03. The number of aryl methyl sites for hydroxylation is 3. The minimum atomic E-state index is 0.544. The average molecular weight is 420 g/mol. The molecule has 0 fully saturated rings. The van der Waals surface area contributed by atoms with Crippen LogP contribution in [0.25, 0.3) is 28.1 Å². The molecule has 0 saturated carbocycles. The van der Waals surface area contributed by atoms with Crippen molar-refractivity contribution in [3.63, 3.8) is 0 Å². The monoisotopic (exact) mass is 419 g/mol. The van der Waals surface area contributed by atoms with E-state index >= 15 is 0 Å². The molecule has 32 heavy (non-hydrogen) atoms. The highest BCUT2D eigenvalue weighted by Gasteiger charge is 2.15. The number of benzene rings is 3. The van der Waals surface area contributed by atoms with Crippen LogP contribution in [0.3, 0.4) is 0 Å². The van der Waals surface area contributed by atoms with Crippen molar-refractivity contribution in [2.45, 2.75) is 20.8 Å². The number of anilines is 3. The Kier molecular flexibility index (Phi) is 5.87. The lowest BCUT2D eigenvalue weighted by atomic mass is 9.92. The molecule has 0 radical (unpaired) electrons. The summed E-state index contributed by atoms with van der Waals surface area (Å²) in [5, 5.41) is 16.4. The number of nitriles is 1. The Morgan fingerprint density at radius 2 is 1.66 bits per heavy atom. The molecule has 0 spiro atoms. The molecule has 3 aromatic carbocycles. The van der Waals surface area contributed by atoms with Gasteiger partial charge in [-0.2, -0.15) is 10.2 Å². The summed E-state index contributed by atoms with van der Waals surface area (Å²) in [4.78, 5) is 9.60. The molecule has 0 aliphatic rings. The first-order valence-electron chi connectivity index (χ1n) is 10.5. The molecule has 0 atom stereocenters. The van der Waals surface area contributed by atoms with E-state index in [9.17, 15) is 0 Å². The number of hydrogen-bond acceptors (Lipinski definition) is 5. The van der Waals surface area contributed by atoms with Crippen LogP contribution in [0.15, 0.2) is 60.7 Å². The number of nitrogens with zero attached hydrogens (tertiary/aromatic N) is 3. The van der Waals surface area contributed by atoms with E-state index in [1.807, 2.05) is 37.4 Å². The summed E-state index contributed by atoms with van der Waals surface area (Å²) in [6.07, 6.45) is 3.33. The predicted octanol–water partition coefficient (Wildman–Crippen LogP) is 6.54. The van der Waals surface area contributed by atoms with Crippen molar-refractivity contribution in [2.75, 3.05) is 17.7 Å². The molecule has 1 aromatic heterocycles. The van der Waals surface area contributed by atoms with E-state index < -0.39 is 0 Å². The highest BCUT2D eigenvalue weighted by atomic mass is 15.1. The minimum absolute atomic E-state index is 0.544. The van der Waals surface area contributed by atoms with Crippen LogP contribution in [0.1, 0.15) is 22.3 Å². The van der Waals surface area contributed by atoms with E-state index in [0.717, 1.165) is 50.2 Å². The maximum Gasteiger partial charge on any atom is 0.229 e. The molecular formula is C27H25N5. The van der Waals surface area contributed by atoms with Crippen LogP contribution < -0.4 is 10.6 Å². The van der Waals surface area contributed by atoms with Gasteiger partial charge >= 0.3 is 0 Å². The molecule has 5 nitrogen and oxygen atoms in total. The number of aromatic nitrogens is 2. The van der Waals surface area contributed by atoms with Crippen LogP contribution in [0.4, 0.5) is 17.5 Å². The molecule has 0 aliphatic heterocycles. The zero-order chi connectivity index (χ0) is 22.7. The van der Waals surface area contributed by atoms with E-state index in [-0.39, 0.29) is 0 Å². The summed E-state index contributed by atoms with van der Waals surface area (Å²) >= 11 is 0. The quantitative estimate of drug-likeness (QED) is 0.359. The third-order valence-electron chi connectivity index (χ3n) is 5.45. The fourth-order valence-electron chi connectivity index (χ4n) is 4.02. The highest BCUT2D eigenvalue weighted by Crippen LogP contribution is 2.36. The summed E-state index contributed by atoms with van der Waals surface area (Å²) in [5.41, 5.74) is 8.50. The summed E-state index contributed by atoms with van der Waals surface area (Å²) in [6.45, 7) is 6.25. The van der Waals surface area contributed by atoms with Gasteiger partial charge in [0, 0.05) is 29.8 Å². The summed E-state index contributed by atoms with van der Waals surface area (Å²) in [6, 6.07) is 20.6. The van der Waals surface area contributed by atoms with Crippen molar-refractivity contribution in [1.82, 2.24) is 9.97 Å². The zero-order valence-electron chi connectivity index (χ0n) is 18.7. The Labute approximate surface area is 188 Å². The van der Waals surface area contributed by atoms with Gasteiger partial charge in [-0.1, -0.05) is 42.0 Å². The number of fused-ring (bicyclic) bond motifs is 1. The van der Waals surface area contributed by atoms with E-state index in [1.54, 1.807) is 0 Å². The smallest absolute Gasteiger partial charge is 0.229 e. The van der Waals surface area contributed by atoms with Gasteiger partial charge < -0.3 is 10.6 Å². The molecular weight excluding hydrogens is 394 g/mol. The van der Waals surface area contributed by atoms with E-state index in [0.29, 0.717) is 5.95 Å². The third-order valence-corrected chi connectivity index (χ3v) is 5.45. The van der Waals surface area contributed by atoms with Crippen LogP contribution in [-0.4, -0.2) is 17.0 Å². The summed E-state index contributed by atoms with van der Waals surface area (Å²) in [5.74, 6) is 1.32. The first-order chi connectivity index (χ1) is 15.5. The van der Waals surface area contributed by atoms with Gasteiger partial charge in [0.05, 0.1) is 11.6 Å². The van der Waals surface area contributed by atoms with Crippen molar-refractivity contribution in [3.05, 3.63) is 82.9 Å². The molecule has 0 amide bonds. The normalized spacial score (nSPS) is 11.0. The largest absolute Gasteiger partial charge is 0.372 e. The summed E-state index contributed by atoms with van der Waals surface area (Å²) in [7, 11) is 1.87. The molecule has 5 heteroatoms. The number of allylic oxidation sites excluding steroid dienone is 1. The minimum Gasteiger partial charge on any atom is -0.372 e. The number of nitrogens with one attached hydrogen (secondary N) is 2. The summed E-state index contributed by atoms with van der Waals surface area (Å²) < 4.78 is 0. The van der Waals surface area contributed by atoms with Crippen LogP contribution in [0.5, 0.6) is 0 Å². The molecule has 0 bridgehead atoms. The molecule has 2 N–H and O–H groups in total. The fraction of sp³-hybridized carbons (Fsp3) is 0.148. The van der Waals surface area contributed by atoms with Gasteiger partial charge in [0.1, 0.15) is 5.82 Å². The molecule has 0 saturated heterocycles. The van der Waals surface area contributed by atoms with Gasteiger partial charge in [-0.05, 0) is 67.3 Å². The average Bonchev–Trinajstić information content (AvgIpc) is 2.78. The van der Waals surface area contributed by atoms with E-state index in [2.05, 4.69) is 67.8 Å². The van der Waals surface area contributed by atoms with Crippen LogP contribution in [0.2, 0.25) is 0 Å². The Morgan fingerprint density at radius 3 is 2.31 bits per heavy atom. The zero-order valence-corrected chi connectivity index (χ0v) is 18.7. The number of hydrogen-bond donors (Lipinski definition) is 2. The van der Waals surface area contributed by atoms with E-state index in [4.69, 9.17) is 15.2 Å². The molecule has 1 heterocycles. The first kappa shape index (κ1) is 21.1. The number of rotatable bonds is 5. The molecule has 0 aliphatic carbocycles. The van der Waals surface area contributed by atoms with Gasteiger partial charge in [0.15, 0.2) is 0 Å². The Hall–Kier alpha value is -4.17.